The van der Waals surface area contributed by atoms with E-state index in [-0.39, 0.29) is 5.91 Å². The van der Waals surface area contributed by atoms with Crippen molar-refractivity contribution in [2.75, 3.05) is 18.4 Å². The average Bonchev–Trinajstić information content (AvgIpc) is 2.91. The Hall–Kier alpha value is -2.44. The molecule has 112 valence electrons. The maximum atomic E-state index is 12.2. The van der Waals surface area contributed by atoms with Gasteiger partial charge >= 0.3 is 0 Å². The van der Waals surface area contributed by atoms with Gasteiger partial charge in [0, 0.05) is 32.8 Å². The summed E-state index contributed by atoms with van der Waals surface area (Å²) < 4.78 is 1.84. The van der Waals surface area contributed by atoms with E-state index in [1.54, 1.807) is 24.8 Å². The van der Waals surface area contributed by atoms with Crippen LogP contribution in [-0.4, -0.2) is 38.7 Å². The molecule has 0 radical (unpaired) electrons. The Morgan fingerprint density at radius 1 is 1.38 bits per heavy atom. The van der Waals surface area contributed by atoms with Crippen LogP contribution in [0.15, 0.2) is 24.8 Å². The van der Waals surface area contributed by atoms with Gasteiger partial charge in [-0.1, -0.05) is 6.92 Å². The number of nitrogens with one attached hydrogen (secondary N) is 2. The lowest BCUT2D eigenvalue weighted by atomic mass is 10.2. The zero-order chi connectivity index (χ0) is 15.1. The molecule has 0 fully saturated rings. The maximum Gasteiger partial charge on any atom is 0.253 e. The highest BCUT2D eigenvalue weighted by Gasteiger charge is 2.11. The third kappa shape index (κ3) is 4.01. The van der Waals surface area contributed by atoms with Crippen molar-refractivity contribution < 1.29 is 4.79 Å². The Labute approximate surface area is 123 Å². The molecule has 0 aliphatic carbocycles. The molecule has 0 atom stereocenters. The van der Waals surface area contributed by atoms with Gasteiger partial charge in [0.1, 0.15) is 12.2 Å². The first-order valence-electron chi connectivity index (χ1n) is 7.01. The molecule has 0 aliphatic heterocycles. The van der Waals surface area contributed by atoms with Crippen LogP contribution in [0.5, 0.6) is 0 Å². The average molecular weight is 288 g/mol. The zero-order valence-electron chi connectivity index (χ0n) is 12.3. The highest BCUT2D eigenvalue weighted by Crippen LogP contribution is 2.13. The quantitative estimate of drug-likeness (QED) is 0.794. The van der Waals surface area contributed by atoms with E-state index in [9.17, 15) is 4.79 Å². The van der Waals surface area contributed by atoms with Gasteiger partial charge in [0.05, 0.1) is 17.4 Å². The molecule has 0 saturated carbocycles. The Bertz CT molecular complexity index is 595. The van der Waals surface area contributed by atoms with E-state index in [2.05, 4.69) is 32.7 Å². The zero-order valence-corrected chi connectivity index (χ0v) is 12.3. The lowest BCUT2D eigenvalue weighted by Gasteiger charge is -2.11. The van der Waals surface area contributed by atoms with Gasteiger partial charge in [0.2, 0.25) is 0 Å². The van der Waals surface area contributed by atoms with Crippen molar-refractivity contribution in [3.63, 3.8) is 0 Å². The molecule has 0 bridgehead atoms. The first-order chi connectivity index (χ1) is 10.2. The number of carbonyl (C=O) groups excluding carboxylic acids is 1. The lowest BCUT2D eigenvalue weighted by Crippen LogP contribution is -2.27. The van der Waals surface area contributed by atoms with Gasteiger partial charge in [-0.05, 0) is 12.5 Å². The number of amides is 1. The van der Waals surface area contributed by atoms with E-state index in [1.807, 2.05) is 11.6 Å². The second kappa shape index (κ2) is 7.37. The van der Waals surface area contributed by atoms with E-state index in [0.29, 0.717) is 18.5 Å². The van der Waals surface area contributed by atoms with Gasteiger partial charge in [-0.25, -0.2) is 0 Å². The van der Waals surface area contributed by atoms with Crippen molar-refractivity contribution in [1.82, 2.24) is 25.1 Å². The second-order valence-corrected chi connectivity index (χ2v) is 4.71. The predicted molar refractivity (Wildman–Crippen MR) is 80.1 cm³/mol. The maximum absolute atomic E-state index is 12.2. The summed E-state index contributed by atoms with van der Waals surface area (Å²) in [6.07, 6.45) is 6.57. The van der Waals surface area contributed by atoms with E-state index < -0.39 is 0 Å². The fourth-order valence-corrected chi connectivity index (χ4v) is 1.91. The fourth-order valence-electron chi connectivity index (χ4n) is 1.91. The molecule has 2 aromatic rings. The van der Waals surface area contributed by atoms with Crippen LogP contribution in [0.25, 0.3) is 0 Å². The summed E-state index contributed by atoms with van der Waals surface area (Å²) >= 11 is 0. The van der Waals surface area contributed by atoms with Crippen molar-refractivity contribution in [2.45, 2.75) is 19.8 Å². The van der Waals surface area contributed by atoms with Crippen LogP contribution >= 0.6 is 0 Å². The summed E-state index contributed by atoms with van der Waals surface area (Å²) in [7, 11) is 1.88. The molecule has 2 rings (SSSR count). The molecule has 21 heavy (non-hydrogen) atoms. The van der Waals surface area contributed by atoms with Gasteiger partial charge in [-0.2, -0.15) is 0 Å². The third-order valence-electron chi connectivity index (χ3n) is 3.07. The van der Waals surface area contributed by atoms with Crippen molar-refractivity contribution in [3.8, 4) is 0 Å². The van der Waals surface area contributed by atoms with E-state index in [1.165, 1.54) is 0 Å². The minimum absolute atomic E-state index is 0.113. The minimum Gasteiger partial charge on any atom is -0.383 e. The number of carbonyl (C=O) groups is 1. The van der Waals surface area contributed by atoms with Crippen LogP contribution in [0.2, 0.25) is 0 Å². The smallest absolute Gasteiger partial charge is 0.253 e. The molecule has 1 amide bonds. The highest BCUT2D eigenvalue weighted by molar-refractivity contribution is 5.99. The third-order valence-corrected chi connectivity index (χ3v) is 3.07. The normalized spacial score (nSPS) is 10.4. The SMILES string of the molecule is CCCNc1cnccc1C(=O)NCCc1nncn1C. The number of anilines is 1. The minimum atomic E-state index is -0.113. The van der Waals surface area contributed by atoms with E-state index >= 15 is 0 Å². The Morgan fingerprint density at radius 2 is 2.24 bits per heavy atom. The number of hydrogen-bond donors (Lipinski definition) is 2. The summed E-state index contributed by atoms with van der Waals surface area (Å²) in [6.45, 7) is 3.40. The summed E-state index contributed by atoms with van der Waals surface area (Å²) in [6, 6.07) is 1.72. The van der Waals surface area contributed by atoms with Crippen LogP contribution in [0.1, 0.15) is 29.5 Å². The van der Waals surface area contributed by atoms with Crippen LogP contribution in [0, 0.1) is 0 Å². The molecular weight excluding hydrogens is 268 g/mol. The molecule has 0 aliphatic rings. The van der Waals surface area contributed by atoms with Crippen LogP contribution in [0.3, 0.4) is 0 Å². The molecule has 7 nitrogen and oxygen atoms in total. The van der Waals surface area contributed by atoms with Crippen molar-refractivity contribution in [2.24, 2.45) is 7.05 Å². The number of rotatable bonds is 7. The van der Waals surface area contributed by atoms with Crippen molar-refractivity contribution >= 4 is 11.6 Å². The van der Waals surface area contributed by atoms with Crippen LogP contribution in [-0.2, 0) is 13.5 Å². The van der Waals surface area contributed by atoms with Gasteiger partial charge in [-0.3, -0.25) is 9.78 Å². The van der Waals surface area contributed by atoms with E-state index in [4.69, 9.17) is 0 Å². The standard InChI is InChI=1S/C14H20N6O/c1-3-6-16-12-9-15-7-4-11(12)14(21)17-8-5-13-19-18-10-20(13)2/h4,7,9-10,16H,3,5-6,8H2,1-2H3,(H,17,21). The molecule has 0 unspecified atom stereocenters. The predicted octanol–water partition coefficient (Wildman–Crippen LogP) is 1.00. The summed E-state index contributed by atoms with van der Waals surface area (Å²) in [5.41, 5.74) is 1.37. The van der Waals surface area contributed by atoms with Gasteiger partial charge in [0.25, 0.3) is 5.91 Å². The van der Waals surface area contributed by atoms with Crippen molar-refractivity contribution in [1.29, 1.82) is 0 Å². The Kier molecular flexibility index (Phi) is 5.25. The molecule has 0 aromatic carbocycles. The highest BCUT2D eigenvalue weighted by atomic mass is 16.1. The topological polar surface area (TPSA) is 84.7 Å². The molecular formula is C14H20N6O. The fraction of sp³-hybridized carbons (Fsp3) is 0.429. The number of pyridine rings is 1. The molecule has 7 heteroatoms. The number of aromatic nitrogens is 4. The molecule has 0 spiro atoms. The molecule has 2 N–H and O–H groups in total. The van der Waals surface area contributed by atoms with Crippen molar-refractivity contribution in [3.05, 3.63) is 36.2 Å². The van der Waals surface area contributed by atoms with Gasteiger partial charge < -0.3 is 15.2 Å². The monoisotopic (exact) mass is 288 g/mol. The molecule has 2 heterocycles. The number of hydrogen-bond acceptors (Lipinski definition) is 5. The summed E-state index contributed by atoms with van der Waals surface area (Å²) in [5, 5.41) is 13.9. The van der Waals surface area contributed by atoms with Gasteiger partial charge in [-0.15, -0.1) is 10.2 Å². The first-order valence-corrected chi connectivity index (χ1v) is 7.01. The molecule has 2 aromatic heterocycles. The Morgan fingerprint density at radius 3 is 2.95 bits per heavy atom. The summed E-state index contributed by atoms with van der Waals surface area (Å²) in [4.78, 5) is 16.3. The Balaban J connectivity index is 1.92. The largest absolute Gasteiger partial charge is 0.383 e. The molecule has 0 saturated heterocycles. The number of nitrogens with zero attached hydrogens (tertiary/aromatic N) is 4. The lowest BCUT2D eigenvalue weighted by molar-refractivity contribution is 0.0954. The first kappa shape index (κ1) is 15.0. The van der Waals surface area contributed by atoms with Crippen LogP contribution in [0.4, 0.5) is 5.69 Å². The van der Waals surface area contributed by atoms with Crippen LogP contribution < -0.4 is 10.6 Å². The summed E-state index contributed by atoms with van der Waals surface area (Å²) in [5.74, 6) is 0.729. The number of aryl methyl sites for hydroxylation is 1. The second-order valence-electron chi connectivity index (χ2n) is 4.71. The van der Waals surface area contributed by atoms with Gasteiger partial charge in [0.15, 0.2) is 0 Å². The van der Waals surface area contributed by atoms with E-state index in [0.717, 1.165) is 24.5 Å².